The summed E-state index contributed by atoms with van der Waals surface area (Å²) in [5.74, 6) is 0.195. The van der Waals surface area contributed by atoms with Gasteiger partial charge in [-0.1, -0.05) is 6.07 Å². The summed E-state index contributed by atoms with van der Waals surface area (Å²) in [4.78, 5) is 30.9. The number of anilines is 2. The Labute approximate surface area is 200 Å². The third kappa shape index (κ3) is 5.50. The molecule has 0 saturated heterocycles. The van der Waals surface area contributed by atoms with Crippen LogP contribution >= 0.6 is 23.4 Å². The molecule has 33 heavy (non-hydrogen) atoms. The molecule has 4 N–H and O–H groups in total. The third-order valence-corrected chi connectivity index (χ3v) is 7.68. The molecule has 0 spiro atoms. The third-order valence-electron chi connectivity index (χ3n) is 6.13. The number of aromatic nitrogens is 2. The van der Waals surface area contributed by atoms with Gasteiger partial charge in [-0.05, 0) is 48.4 Å². The Morgan fingerprint density at radius 3 is 2.94 bits per heavy atom. The second-order valence-corrected chi connectivity index (χ2v) is 9.98. The zero-order valence-corrected chi connectivity index (χ0v) is 19.5. The van der Waals surface area contributed by atoms with Gasteiger partial charge >= 0.3 is 0 Å². The van der Waals surface area contributed by atoms with E-state index in [1.165, 1.54) is 6.92 Å². The molecule has 0 unspecified atom stereocenters. The largest absolute Gasteiger partial charge is 0.493 e. The molecule has 1 aromatic carbocycles. The maximum absolute atomic E-state index is 14.2. The fraction of sp³-hybridized carbons (Fsp3) is 0.455. The minimum atomic E-state index is -0.621. The zero-order valence-electron chi connectivity index (χ0n) is 18.0. The van der Waals surface area contributed by atoms with Crippen LogP contribution in [0.3, 0.4) is 0 Å². The lowest BCUT2D eigenvalue weighted by atomic mass is 9.83. The van der Waals surface area contributed by atoms with Gasteiger partial charge in [0.15, 0.2) is 11.6 Å². The first-order chi connectivity index (χ1) is 15.8. The van der Waals surface area contributed by atoms with E-state index >= 15 is 0 Å². The van der Waals surface area contributed by atoms with Crippen molar-refractivity contribution in [1.29, 1.82) is 0 Å². The van der Waals surface area contributed by atoms with Gasteiger partial charge in [-0.25, -0.2) is 9.37 Å². The first-order valence-corrected chi connectivity index (χ1v) is 12.1. The predicted octanol–water partition coefficient (Wildman–Crippen LogP) is 3.33. The smallest absolute Gasteiger partial charge is 0.224 e. The van der Waals surface area contributed by atoms with Gasteiger partial charge in [0.05, 0.1) is 18.7 Å². The SMILES string of the molecule is CC(=O)Nc1cccc(OCCS[C@@H]2C[C@@H]3C[C@H]2[C@@H](Nc2nc(Cl)ncc2F)[C@H]3C(N)=O)c1. The highest BCUT2D eigenvalue weighted by Gasteiger charge is 2.55. The van der Waals surface area contributed by atoms with Gasteiger partial charge in [0.2, 0.25) is 17.1 Å². The molecule has 4 rings (SSSR count). The summed E-state index contributed by atoms with van der Waals surface area (Å²) < 4.78 is 20.0. The van der Waals surface area contributed by atoms with Crippen LogP contribution in [0.1, 0.15) is 19.8 Å². The quantitative estimate of drug-likeness (QED) is 0.362. The first kappa shape index (κ1) is 23.6. The van der Waals surface area contributed by atoms with E-state index in [2.05, 4.69) is 20.6 Å². The van der Waals surface area contributed by atoms with Gasteiger partial charge in [0.25, 0.3) is 0 Å². The van der Waals surface area contributed by atoms with E-state index in [0.717, 1.165) is 24.8 Å². The van der Waals surface area contributed by atoms with Gasteiger partial charge in [0.1, 0.15) is 5.75 Å². The van der Waals surface area contributed by atoms with Gasteiger partial charge in [-0.3, -0.25) is 9.59 Å². The van der Waals surface area contributed by atoms with Gasteiger partial charge in [0, 0.05) is 35.7 Å². The number of amides is 2. The van der Waals surface area contributed by atoms with Crippen molar-refractivity contribution in [2.45, 2.75) is 31.1 Å². The van der Waals surface area contributed by atoms with Crippen LogP contribution in [-0.2, 0) is 9.59 Å². The van der Waals surface area contributed by atoms with Crippen LogP contribution in [0.2, 0.25) is 5.28 Å². The van der Waals surface area contributed by atoms with E-state index in [4.69, 9.17) is 22.1 Å². The summed E-state index contributed by atoms with van der Waals surface area (Å²) in [6.45, 7) is 1.95. The predicted molar refractivity (Wildman–Crippen MR) is 126 cm³/mol. The van der Waals surface area contributed by atoms with Crippen molar-refractivity contribution in [3.8, 4) is 5.75 Å². The second-order valence-electron chi connectivity index (χ2n) is 8.30. The molecule has 1 aromatic heterocycles. The number of carbonyl (C=O) groups is 2. The van der Waals surface area contributed by atoms with Crippen LogP contribution in [0.4, 0.5) is 15.9 Å². The van der Waals surface area contributed by atoms with Crippen molar-refractivity contribution in [2.24, 2.45) is 23.5 Å². The fourth-order valence-corrected chi connectivity index (χ4v) is 6.46. The number of benzene rings is 1. The van der Waals surface area contributed by atoms with Crippen LogP contribution in [0.15, 0.2) is 30.5 Å². The number of halogens is 2. The molecule has 2 saturated carbocycles. The Balaban J connectivity index is 1.35. The van der Waals surface area contributed by atoms with Crippen LogP contribution in [-0.4, -0.2) is 45.4 Å². The summed E-state index contributed by atoms with van der Waals surface area (Å²) in [5, 5.41) is 6.04. The lowest BCUT2D eigenvalue weighted by molar-refractivity contribution is -0.123. The number of fused-ring (bicyclic) bond motifs is 2. The van der Waals surface area contributed by atoms with Crippen molar-refractivity contribution in [2.75, 3.05) is 23.0 Å². The Morgan fingerprint density at radius 2 is 2.18 bits per heavy atom. The number of thioether (sulfide) groups is 1. The lowest BCUT2D eigenvalue weighted by Crippen LogP contribution is -2.46. The summed E-state index contributed by atoms with van der Waals surface area (Å²) in [6.07, 6.45) is 2.74. The van der Waals surface area contributed by atoms with Crippen LogP contribution in [0.25, 0.3) is 0 Å². The monoisotopic (exact) mass is 493 g/mol. The molecule has 176 valence electrons. The van der Waals surface area contributed by atoms with E-state index in [1.807, 2.05) is 12.1 Å². The topological polar surface area (TPSA) is 119 Å². The summed E-state index contributed by atoms with van der Waals surface area (Å²) in [6, 6.07) is 6.93. The molecule has 2 aliphatic rings. The minimum Gasteiger partial charge on any atom is -0.493 e. The fourth-order valence-electron chi connectivity index (χ4n) is 4.93. The average molecular weight is 494 g/mol. The maximum Gasteiger partial charge on any atom is 0.224 e. The number of nitrogens with one attached hydrogen (secondary N) is 2. The molecule has 5 atom stereocenters. The first-order valence-electron chi connectivity index (χ1n) is 10.7. The molecule has 2 bridgehead atoms. The van der Waals surface area contributed by atoms with E-state index < -0.39 is 5.82 Å². The maximum atomic E-state index is 14.2. The van der Waals surface area contributed by atoms with Gasteiger partial charge < -0.3 is 21.1 Å². The number of hydrogen-bond donors (Lipinski definition) is 3. The molecular formula is C22H25ClFN5O3S. The Bertz CT molecular complexity index is 1040. The van der Waals surface area contributed by atoms with Crippen molar-refractivity contribution < 1.29 is 18.7 Å². The highest BCUT2D eigenvalue weighted by Crippen LogP contribution is 2.53. The number of primary amides is 1. The van der Waals surface area contributed by atoms with E-state index in [9.17, 15) is 14.0 Å². The molecule has 0 aliphatic heterocycles. The summed E-state index contributed by atoms with van der Waals surface area (Å²) >= 11 is 7.60. The van der Waals surface area contributed by atoms with E-state index in [1.54, 1.807) is 23.9 Å². The molecule has 2 aliphatic carbocycles. The second kappa shape index (κ2) is 10.1. The number of rotatable bonds is 9. The highest BCUT2D eigenvalue weighted by atomic mass is 35.5. The van der Waals surface area contributed by atoms with Crippen molar-refractivity contribution >= 4 is 46.7 Å². The van der Waals surface area contributed by atoms with Crippen molar-refractivity contribution in [3.63, 3.8) is 0 Å². The molecule has 2 aromatic rings. The lowest BCUT2D eigenvalue weighted by Gasteiger charge is -2.35. The molecule has 2 fully saturated rings. The van der Waals surface area contributed by atoms with Gasteiger partial charge in [-0.2, -0.15) is 16.7 Å². The van der Waals surface area contributed by atoms with Crippen molar-refractivity contribution in [1.82, 2.24) is 9.97 Å². The summed E-state index contributed by atoms with van der Waals surface area (Å²) in [7, 11) is 0. The molecule has 8 nitrogen and oxygen atoms in total. The highest BCUT2D eigenvalue weighted by molar-refractivity contribution is 7.99. The number of hydrogen-bond acceptors (Lipinski definition) is 7. The Kier molecular flexibility index (Phi) is 7.23. The Hall–Kier alpha value is -2.59. The molecule has 0 radical (unpaired) electrons. The zero-order chi connectivity index (χ0) is 23.5. The molecule has 2 amide bonds. The van der Waals surface area contributed by atoms with Crippen LogP contribution < -0.4 is 21.1 Å². The number of nitrogens with zero attached hydrogens (tertiary/aromatic N) is 2. The van der Waals surface area contributed by atoms with E-state index in [0.29, 0.717) is 18.0 Å². The number of carbonyl (C=O) groups excluding carboxylic acids is 2. The molecule has 1 heterocycles. The number of nitrogens with two attached hydrogens (primary N) is 1. The van der Waals surface area contributed by atoms with Crippen LogP contribution in [0.5, 0.6) is 5.75 Å². The normalized spacial score (nSPS) is 25.6. The van der Waals surface area contributed by atoms with E-state index in [-0.39, 0.29) is 52.0 Å². The standard InChI is InChI=1S/C22H25ClFN5O3S/c1-11(30)27-13-3-2-4-14(9-13)32-5-6-33-17-8-12-7-15(17)19(18(12)20(25)31)28-21-16(24)10-26-22(23)29-21/h2-4,9-10,12,15,17-19H,5-8H2,1H3,(H2,25,31)(H,27,30)(H,26,28,29)/t12-,15+,17+,18-,19+/m0/s1. The average Bonchev–Trinajstić information content (AvgIpc) is 3.32. The molecular weight excluding hydrogens is 469 g/mol. The number of ether oxygens (including phenoxy) is 1. The Morgan fingerprint density at radius 1 is 1.36 bits per heavy atom. The van der Waals surface area contributed by atoms with Crippen LogP contribution in [0, 0.1) is 23.6 Å². The van der Waals surface area contributed by atoms with Gasteiger partial charge in [-0.15, -0.1) is 0 Å². The summed E-state index contributed by atoms with van der Waals surface area (Å²) in [5.41, 5.74) is 6.37. The minimum absolute atomic E-state index is 0.00932. The van der Waals surface area contributed by atoms with Crippen molar-refractivity contribution in [3.05, 3.63) is 41.6 Å². The molecule has 11 heteroatoms.